The predicted molar refractivity (Wildman–Crippen MR) is 114 cm³/mol. The summed E-state index contributed by atoms with van der Waals surface area (Å²) in [6.45, 7) is 5.10. The van der Waals surface area contributed by atoms with Crippen molar-refractivity contribution in [1.82, 2.24) is 0 Å². The number of quaternary nitrogens is 1. The van der Waals surface area contributed by atoms with Gasteiger partial charge in [0, 0.05) is 24.5 Å². The molecule has 0 spiro atoms. The first-order chi connectivity index (χ1) is 14.9. The number of carbonyl (C=O) groups is 1. The SMILES string of the molecule is COCCOCCOCCOc1ccc(C2=N[C@@](C)(C(=O)[O-])CS2)c(O)c1.[NH3+]CCO. The van der Waals surface area contributed by atoms with Crippen LogP contribution in [0.1, 0.15) is 12.5 Å². The fraction of sp³-hybridized carbons (Fsp3) is 0.600. The third-order valence-corrected chi connectivity index (χ3v) is 5.23. The zero-order valence-electron chi connectivity index (χ0n) is 18.0. The van der Waals surface area contributed by atoms with E-state index in [0.717, 1.165) is 0 Å². The summed E-state index contributed by atoms with van der Waals surface area (Å²) >= 11 is 1.27. The Morgan fingerprint density at radius 1 is 1.23 bits per heavy atom. The van der Waals surface area contributed by atoms with E-state index >= 15 is 0 Å². The topological polar surface area (TPSA) is 158 Å². The molecule has 1 aliphatic rings. The lowest BCUT2D eigenvalue weighted by atomic mass is 10.1. The van der Waals surface area contributed by atoms with E-state index < -0.39 is 11.5 Å². The molecule has 1 aromatic carbocycles. The van der Waals surface area contributed by atoms with Gasteiger partial charge in [-0.2, -0.15) is 0 Å². The summed E-state index contributed by atoms with van der Waals surface area (Å²) in [7, 11) is 1.62. The second-order valence-electron chi connectivity index (χ2n) is 6.59. The van der Waals surface area contributed by atoms with Crippen molar-refractivity contribution in [2.24, 2.45) is 4.99 Å². The maximum absolute atomic E-state index is 11.2. The van der Waals surface area contributed by atoms with Crippen molar-refractivity contribution in [2.45, 2.75) is 12.5 Å². The van der Waals surface area contributed by atoms with E-state index in [1.54, 1.807) is 19.2 Å². The van der Waals surface area contributed by atoms with Crippen LogP contribution in [0.3, 0.4) is 0 Å². The Morgan fingerprint density at radius 2 is 1.84 bits per heavy atom. The first kappa shape index (κ1) is 27.1. The van der Waals surface area contributed by atoms with Gasteiger partial charge in [0.2, 0.25) is 0 Å². The van der Waals surface area contributed by atoms with Crippen molar-refractivity contribution >= 4 is 22.8 Å². The van der Waals surface area contributed by atoms with Crippen LogP contribution in [0.25, 0.3) is 0 Å². The van der Waals surface area contributed by atoms with Crippen LogP contribution >= 0.6 is 11.8 Å². The number of aliphatic imine (C=N–C) groups is 1. The number of carbonyl (C=O) groups excluding carboxylic acids is 1. The average molecular weight is 461 g/mol. The summed E-state index contributed by atoms with van der Waals surface area (Å²) in [6.07, 6.45) is 0. The predicted octanol–water partition coefficient (Wildman–Crippen LogP) is -1.33. The Bertz CT molecular complexity index is 702. The molecular formula is C20H32N2O8S. The number of aromatic hydroxyl groups is 1. The number of aliphatic carboxylic acids is 1. The van der Waals surface area contributed by atoms with Crippen LogP contribution in [0.15, 0.2) is 23.2 Å². The fourth-order valence-corrected chi connectivity index (χ4v) is 3.40. The molecule has 11 heteroatoms. The van der Waals surface area contributed by atoms with Crippen LogP contribution in [-0.2, 0) is 19.0 Å². The first-order valence-corrected chi connectivity index (χ1v) is 10.8. The van der Waals surface area contributed by atoms with Crippen molar-refractivity contribution in [3.8, 4) is 11.5 Å². The van der Waals surface area contributed by atoms with E-state index in [1.165, 1.54) is 24.8 Å². The van der Waals surface area contributed by atoms with Gasteiger partial charge in [-0.15, -0.1) is 11.8 Å². The monoisotopic (exact) mass is 460 g/mol. The van der Waals surface area contributed by atoms with Crippen LogP contribution in [0.4, 0.5) is 0 Å². The van der Waals surface area contributed by atoms with Crippen molar-refractivity contribution in [3.05, 3.63) is 23.8 Å². The third kappa shape index (κ3) is 9.85. The second-order valence-corrected chi connectivity index (χ2v) is 7.55. The van der Waals surface area contributed by atoms with E-state index in [0.29, 0.717) is 62.5 Å². The molecule has 0 aromatic heterocycles. The summed E-state index contributed by atoms with van der Waals surface area (Å²) in [5.74, 6) is -0.487. The zero-order chi connectivity index (χ0) is 23.1. The fourth-order valence-electron chi connectivity index (χ4n) is 2.20. The third-order valence-electron chi connectivity index (χ3n) is 3.94. The number of hydrogen-bond donors (Lipinski definition) is 3. The highest BCUT2D eigenvalue weighted by Crippen LogP contribution is 2.35. The molecule has 0 bridgehead atoms. The van der Waals surface area contributed by atoms with Crippen LogP contribution in [0.2, 0.25) is 0 Å². The Hall–Kier alpha value is -1.89. The number of thioether (sulfide) groups is 1. The highest BCUT2D eigenvalue weighted by atomic mass is 32.2. The number of phenolic OH excluding ortho intramolecular Hbond substituents is 1. The molecule has 2 rings (SSSR count). The molecule has 0 aliphatic carbocycles. The molecule has 1 aromatic rings. The molecule has 5 N–H and O–H groups in total. The number of benzene rings is 1. The number of phenols is 1. The van der Waals surface area contributed by atoms with E-state index in [2.05, 4.69) is 10.7 Å². The lowest BCUT2D eigenvalue weighted by molar-refractivity contribution is -0.372. The number of aliphatic hydroxyl groups is 1. The Labute approximate surface area is 186 Å². The van der Waals surface area contributed by atoms with Gasteiger partial charge in [0.25, 0.3) is 0 Å². The summed E-state index contributed by atoms with van der Waals surface area (Å²) in [6, 6.07) is 4.82. The lowest BCUT2D eigenvalue weighted by Gasteiger charge is -2.19. The highest BCUT2D eigenvalue weighted by Gasteiger charge is 2.33. The number of carboxylic acids is 1. The van der Waals surface area contributed by atoms with E-state index in [9.17, 15) is 15.0 Å². The number of hydrogen-bond acceptors (Lipinski definition) is 10. The van der Waals surface area contributed by atoms with Gasteiger partial charge >= 0.3 is 0 Å². The molecule has 1 atom stereocenters. The lowest BCUT2D eigenvalue weighted by Crippen LogP contribution is -2.51. The Balaban J connectivity index is 0.00000110. The normalized spacial score (nSPS) is 17.6. The molecule has 31 heavy (non-hydrogen) atoms. The first-order valence-electron chi connectivity index (χ1n) is 9.82. The molecule has 0 saturated carbocycles. The van der Waals surface area contributed by atoms with Gasteiger partial charge in [0.15, 0.2) is 0 Å². The maximum Gasteiger partial charge on any atom is 0.129 e. The number of methoxy groups -OCH3 is 1. The number of nitrogens with zero attached hydrogens (tertiary/aromatic N) is 1. The summed E-state index contributed by atoms with van der Waals surface area (Å²) in [4.78, 5) is 15.3. The van der Waals surface area contributed by atoms with Crippen molar-refractivity contribution in [2.75, 3.05) is 65.7 Å². The van der Waals surface area contributed by atoms with Gasteiger partial charge < -0.3 is 44.8 Å². The van der Waals surface area contributed by atoms with Crippen molar-refractivity contribution < 1.29 is 44.8 Å². The van der Waals surface area contributed by atoms with Crippen molar-refractivity contribution in [3.63, 3.8) is 0 Å². The zero-order valence-corrected chi connectivity index (χ0v) is 18.8. The molecular weight excluding hydrogens is 428 g/mol. The van der Waals surface area contributed by atoms with E-state index in [4.69, 9.17) is 24.1 Å². The minimum atomic E-state index is -1.27. The number of carboxylic acid groups (broad SMARTS) is 1. The smallest absolute Gasteiger partial charge is 0.129 e. The largest absolute Gasteiger partial charge is 0.547 e. The average Bonchev–Trinajstić information content (AvgIpc) is 3.16. The standard InChI is InChI=1S/C18H25NO7S.C2H7NO/c1-18(17(21)22)12-27-16(19-18)14-4-3-13(11-15(14)20)26-10-9-25-8-7-24-6-5-23-2;3-1-2-4/h3-4,11,20H,5-10,12H2,1-2H3,(H,21,22);4H,1-3H2/t18-;/m1./s1. The molecule has 0 radical (unpaired) electrons. The van der Waals surface area contributed by atoms with Gasteiger partial charge in [-0.05, 0) is 19.1 Å². The van der Waals surface area contributed by atoms with E-state index in [1.807, 2.05) is 0 Å². The van der Waals surface area contributed by atoms with Crippen LogP contribution < -0.4 is 15.6 Å². The number of rotatable bonds is 13. The molecule has 0 amide bonds. The molecule has 176 valence electrons. The number of ether oxygens (including phenoxy) is 4. The van der Waals surface area contributed by atoms with Crippen LogP contribution in [-0.4, -0.2) is 92.4 Å². The molecule has 0 unspecified atom stereocenters. The quantitative estimate of drug-likeness (QED) is 0.303. The van der Waals surface area contributed by atoms with Crippen molar-refractivity contribution in [1.29, 1.82) is 0 Å². The molecule has 0 fully saturated rings. The Kier molecular flexibility index (Phi) is 13.1. The Morgan fingerprint density at radius 3 is 2.35 bits per heavy atom. The van der Waals surface area contributed by atoms with Gasteiger partial charge in [-0.3, -0.25) is 4.99 Å². The summed E-state index contributed by atoms with van der Waals surface area (Å²) < 4.78 is 21.0. The molecule has 10 nitrogen and oxygen atoms in total. The molecule has 0 saturated heterocycles. The van der Waals surface area contributed by atoms with Gasteiger partial charge in [-0.25, -0.2) is 0 Å². The number of aliphatic hydroxyl groups excluding tert-OH is 1. The van der Waals surface area contributed by atoms with Gasteiger partial charge in [0.05, 0.1) is 52.2 Å². The second kappa shape index (κ2) is 15.0. The molecule has 1 heterocycles. The summed E-state index contributed by atoms with van der Waals surface area (Å²) in [5, 5.41) is 29.7. The van der Waals surface area contributed by atoms with Crippen LogP contribution in [0, 0.1) is 0 Å². The summed E-state index contributed by atoms with van der Waals surface area (Å²) in [5.41, 5.74) is 2.56. The van der Waals surface area contributed by atoms with Crippen LogP contribution in [0.5, 0.6) is 11.5 Å². The van der Waals surface area contributed by atoms with Gasteiger partial charge in [0.1, 0.15) is 28.7 Å². The minimum Gasteiger partial charge on any atom is -0.547 e. The minimum absolute atomic E-state index is 0.0196. The van der Waals surface area contributed by atoms with E-state index in [-0.39, 0.29) is 18.1 Å². The maximum atomic E-state index is 11.2. The molecule has 1 aliphatic heterocycles. The van der Waals surface area contributed by atoms with Gasteiger partial charge in [-0.1, -0.05) is 0 Å². The highest BCUT2D eigenvalue weighted by molar-refractivity contribution is 8.14.